The Morgan fingerprint density at radius 1 is 1.65 bits per heavy atom. The zero-order valence-electron chi connectivity index (χ0n) is 10.4. The average Bonchev–Trinajstić information content (AvgIpc) is 2.71. The molecule has 2 rings (SSSR count). The SMILES string of the molecule is CCCCN(C)C(=O)c1cn(C2CNC2)nn1. The van der Waals surface area contributed by atoms with E-state index in [0.717, 1.165) is 32.5 Å². The molecule has 0 aliphatic carbocycles. The molecule has 0 saturated carbocycles. The van der Waals surface area contributed by atoms with Gasteiger partial charge >= 0.3 is 0 Å². The van der Waals surface area contributed by atoms with Gasteiger partial charge in [0.05, 0.1) is 12.2 Å². The first-order valence-corrected chi connectivity index (χ1v) is 6.10. The van der Waals surface area contributed by atoms with Gasteiger partial charge in [-0.15, -0.1) is 5.10 Å². The maximum Gasteiger partial charge on any atom is 0.275 e. The molecule has 0 aromatic carbocycles. The summed E-state index contributed by atoms with van der Waals surface area (Å²) >= 11 is 0. The lowest BCUT2D eigenvalue weighted by Gasteiger charge is -2.26. The summed E-state index contributed by atoms with van der Waals surface area (Å²) in [4.78, 5) is 13.7. The number of amides is 1. The molecule has 1 aliphatic rings. The van der Waals surface area contributed by atoms with E-state index in [1.54, 1.807) is 15.8 Å². The number of hydrogen-bond donors (Lipinski definition) is 1. The minimum atomic E-state index is -0.0445. The number of nitrogens with zero attached hydrogens (tertiary/aromatic N) is 4. The Bertz CT molecular complexity index is 385. The fourth-order valence-corrected chi connectivity index (χ4v) is 1.71. The molecule has 0 spiro atoms. The van der Waals surface area contributed by atoms with Crippen molar-refractivity contribution in [3.8, 4) is 0 Å². The van der Waals surface area contributed by atoms with Crippen LogP contribution in [0.15, 0.2) is 6.20 Å². The van der Waals surface area contributed by atoms with Crippen LogP contribution in [0.5, 0.6) is 0 Å². The van der Waals surface area contributed by atoms with Gasteiger partial charge < -0.3 is 10.2 Å². The zero-order chi connectivity index (χ0) is 12.3. The first-order valence-electron chi connectivity index (χ1n) is 6.10. The van der Waals surface area contributed by atoms with Gasteiger partial charge in [-0.3, -0.25) is 4.79 Å². The minimum absolute atomic E-state index is 0.0445. The summed E-state index contributed by atoms with van der Waals surface area (Å²) < 4.78 is 1.78. The quantitative estimate of drug-likeness (QED) is 0.799. The van der Waals surface area contributed by atoms with Gasteiger partial charge in [0.15, 0.2) is 5.69 Å². The molecule has 2 heterocycles. The van der Waals surface area contributed by atoms with E-state index in [0.29, 0.717) is 11.7 Å². The van der Waals surface area contributed by atoms with Crippen LogP contribution < -0.4 is 5.32 Å². The molecular formula is C11H19N5O. The Kier molecular flexibility index (Phi) is 3.73. The second-order valence-corrected chi connectivity index (χ2v) is 4.48. The molecule has 1 amide bonds. The van der Waals surface area contributed by atoms with Crippen LogP contribution in [0.2, 0.25) is 0 Å². The summed E-state index contributed by atoms with van der Waals surface area (Å²) in [6.45, 7) is 4.69. The van der Waals surface area contributed by atoms with Crippen LogP contribution in [0.1, 0.15) is 36.3 Å². The molecule has 6 nitrogen and oxygen atoms in total. The van der Waals surface area contributed by atoms with Gasteiger partial charge in [-0.1, -0.05) is 18.6 Å². The second kappa shape index (κ2) is 5.27. The van der Waals surface area contributed by atoms with Crippen molar-refractivity contribution in [2.75, 3.05) is 26.7 Å². The second-order valence-electron chi connectivity index (χ2n) is 4.48. The van der Waals surface area contributed by atoms with Crippen LogP contribution >= 0.6 is 0 Å². The normalized spacial score (nSPS) is 15.6. The predicted molar refractivity (Wildman–Crippen MR) is 63.8 cm³/mol. The molecule has 0 bridgehead atoms. The van der Waals surface area contributed by atoms with Crippen molar-refractivity contribution in [3.63, 3.8) is 0 Å². The number of unbranched alkanes of at least 4 members (excludes halogenated alkanes) is 1. The summed E-state index contributed by atoms with van der Waals surface area (Å²) in [6, 6.07) is 0.352. The monoisotopic (exact) mass is 237 g/mol. The Hall–Kier alpha value is -1.43. The fourth-order valence-electron chi connectivity index (χ4n) is 1.71. The minimum Gasteiger partial charge on any atom is -0.340 e. The lowest BCUT2D eigenvalue weighted by molar-refractivity contribution is 0.0787. The highest BCUT2D eigenvalue weighted by Gasteiger charge is 2.22. The van der Waals surface area contributed by atoms with Crippen molar-refractivity contribution in [1.29, 1.82) is 0 Å². The molecule has 1 aromatic heterocycles. The lowest BCUT2D eigenvalue weighted by Crippen LogP contribution is -2.43. The third kappa shape index (κ3) is 2.63. The Morgan fingerprint density at radius 2 is 2.41 bits per heavy atom. The molecule has 1 aliphatic heterocycles. The summed E-state index contributed by atoms with van der Waals surface area (Å²) in [6.07, 6.45) is 3.84. The summed E-state index contributed by atoms with van der Waals surface area (Å²) in [5.74, 6) is -0.0445. The number of carbonyl (C=O) groups is 1. The Morgan fingerprint density at radius 3 is 3.00 bits per heavy atom. The Balaban J connectivity index is 1.96. The molecule has 1 N–H and O–H groups in total. The van der Waals surface area contributed by atoms with Crippen molar-refractivity contribution in [2.45, 2.75) is 25.8 Å². The van der Waals surface area contributed by atoms with E-state index in [2.05, 4.69) is 22.6 Å². The van der Waals surface area contributed by atoms with Crippen LogP contribution in [0.25, 0.3) is 0 Å². The van der Waals surface area contributed by atoms with E-state index >= 15 is 0 Å². The smallest absolute Gasteiger partial charge is 0.275 e. The summed E-state index contributed by atoms with van der Waals surface area (Å²) in [5, 5.41) is 11.1. The highest BCUT2D eigenvalue weighted by molar-refractivity contribution is 5.91. The van der Waals surface area contributed by atoms with Gasteiger partial charge in [0.1, 0.15) is 0 Å². The number of nitrogens with one attached hydrogen (secondary N) is 1. The molecule has 0 radical (unpaired) electrons. The van der Waals surface area contributed by atoms with Gasteiger partial charge in [0.25, 0.3) is 5.91 Å². The largest absolute Gasteiger partial charge is 0.340 e. The van der Waals surface area contributed by atoms with Gasteiger partial charge in [-0.25, -0.2) is 4.68 Å². The maximum atomic E-state index is 12.0. The molecule has 0 unspecified atom stereocenters. The van der Waals surface area contributed by atoms with Gasteiger partial charge in [0, 0.05) is 26.7 Å². The Labute approximate surface area is 101 Å². The lowest BCUT2D eigenvalue weighted by atomic mass is 10.2. The highest BCUT2D eigenvalue weighted by Crippen LogP contribution is 2.10. The van der Waals surface area contributed by atoms with E-state index in [4.69, 9.17) is 0 Å². The van der Waals surface area contributed by atoms with Crippen molar-refractivity contribution < 1.29 is 4.79 Å². The van der Waals surface area contributed by atoms with Crippen molar-refractivity contribution in [1.82, 2.24) is 25.2 Å². The third-order valence-corrected chi connectivity index (χ3v) is 3.06. The van der Waals surface area contributed by atoms with Gasteiger partial charge in [-0.05, 0) is 6.42 Å². The molecule has 0 atom stereocenters. The van der Waals surface area contributed by atoms with Crippen molar-refractivity contribution in [2.24, 2.45) is 0 Å². The molecule has 94 valence electrons. The molecule has 1 saturated heterocycles. The topological polar surface area (TPSA) is 63.1 Å². The molecular weight excluding hydrogens is 218 g/mol. The van der Waals surface area contributed by atoms with Crippen molar-refractivity contribution >= 4 is 5.91 Å². The van der Waals surface area contributed by atoms with E-state index < -0.39 is 0 Å². The van der Waals surface area contributed by atoms with Crippen molar-refractivity contribution in [3.05, 3.63) is 11.9 Å². The van der Waals surface area contributed by atoms with Crippen LogP contribution in [-0.2, 0) is 0 Å². The van der Waals surface area contributed by atoms with Crippen LogP contribution in [0.3, 0.4) is 0 Å². The molecule has 1 fully saturated rings. The molecule has 6 heteroatoms. The summed E-state index contributed by atoms with van der Waals surface area (Å²) in [5.41, 5.74) is 0.440. The number of rotatable bonds is 5. The standard InChI is InChI=1S/C11H19N5O/c1-3-4-5-15(2)11(17)10-8-16(14-13-10)9-6-12-7-9/h8-9,12H,3-7H2,1-2H3. The molecule has 1 aromatic rings. The number of carbonyl (C=O) groups excluding carboxylic acids is 1. The van der Waals surface area contributed by atoms with Gasteiger partial charge in [0.2, 0.25) is 0 Å². The van der Waals surface area contributed by atoms with Crippen LogP contribution in [0, 0.1) is 0 Å². The third-order valence-electron chi connectivity index (χ3n) is 3.06. The maximum absolute atomic E-state index is 12.0. The molecule has 17 heavy (non-hydrogen) atoms. The first-order chi connectivity index (χ1) is 8.22. The zero-order valence-corrected chi connectivity index (χ0v) is 10.4. The summed E-state index contributed by atoms with van der Waals surface area (Å²) in [7, 11) is 1.81. The average molecular weight is 237 g/mol. The van der Waals surface area contributed by atoms with E-state index in [1.165, 1.54) is 0 Å². The van der Waals surface area contributed by atoms with Crippen LogP contribution in [-0.4, -0.2) is 52.5 Å². The van der Waals surface area contributed by atoms with E-state index in [9.17, 15) is 4.79 Å². The van der Waals surface area contributed by atoms with Crippen LogP contribution in [0.4, 0.5) is 0 Å². The fraction of sp³-hybridized carbons (Fsp3) is 0.727. The predicted octanol–water partition coefficient (Wildman–Crippen LogP) is 0.295. The van der Waals surface area contributed by atoms with E-state index in [-0.39, 0.29) is 5.91 Å². The first kappa shape index (κ1) is 12.0. The van der Waals surface area contributed by atoms with E-state index in [1.807, 2.05) is 7.05 Å². The highest BCUT2D eigenvalue weighted by atomic mass is 16.2. The van der Waals surface area contributed by atoms with Gasteiger partial charge in [-0.2, -0.15) is 0 Å². The number of aromatic nitrogens is 3. The number of hydrogen-bond acceptors (Lipinski definition) is 4.